The molecular weight excluding hydrogens is 457 g/mol. The Morgan fingerprint density at radius 2 is 1.61 bits per heavy atom. The zero-order valence-corrected chi connectivity index (χ0v) is 19.6. The number of aryl methyl sites for hydroxylation is 1. The Labute approximate surface area is 206 Å². The molecule has 3 aromatic carbocycles. The summed E-state index contributed by atoms with van der Waals surface area (Å²) in [5.74, 6) is -0.564. The summed E-state index contributed by atoms with van der Waals surface area (Å²) in [6.07, 6.45) is 1.64. The standard InChI is InChI=1S/C29H22FN3O3/c1-17-14-23(12-13-32-17)33-28(34)21-5-3-4-19(15-21)20-8-11-25-24(16-20)26(29(35)31-2)27(36-25)18-6-9-22(30)10-7-18/h3-16H,1-2H3,(H,31,35)(H,32,33,34). The van der Waals surface area contributed by atoms with E-state index in [4.69, 9.17) is 4.42 Å². The van der Waals surface area contributed by atoms with Gasteiger partial charge in [-0.05, 0) is 78.7 Å². The van der Waals surface area contributed by atoms with E-state index in [0.717, 1.165) is 16.8 Å². The molecule has 0 saturated heterocycles. The van der Waals surface area contributed by atoms with Crippen LogP contribution >= 0.6 is 0 Å². The number of rotatable bonds is 5. The van der Waals surface area contributed by atoms with Gasteiger partial charge in [-0.3, -0.25) is 14.6 Å². The summed E-state index contributed by atoms with van der Waals surface area (Å²) in [6, 6.07) is 22.1. The lowest BCUT2D eigenvalue weighted by molar-refractivity contribution is 0.0963. The number of pyridine rings is 1. The summed E-state index contributed by atoms with van der Waals surface area (Å²) in [5.41, 5.74) is 5.08. The molecule has 7 heteroatoms. The normalized spacial score (nSPS) is 10.9. The van der Waals surface area contributed by atoms with Crippen molar-refractivity contribution in [3.63, 3.8) is 0 Å². The number of nitrogens with zero attached hydrogens (tertiary/aromatic N) is 1. The first kappa shape index (κ1) is 23.0. The number of benzene rings is 3. The molecule has 6 nitrogen and oxygen atoms in total. The van der Waals surface area contributed by atoms with E-state index in [1.165, 1.54) is 12.1 Å². The van der Waals surface area contributed by atoms with Gasteiger partial charge in [0.05, 0.1) is 5.56 Å². The third-order valence-corrected chi connectivity index (χ3v) is 5.86. The molecule has 0 aliphatic carbocycles. The minimum atomic E-state index is -0.373. The first-order chi connectivity index (χ1) is 17.4. The largest absolute Gasteiger partial charge is 0.455 e. The predicted molar refractivity (Wildman–Crippen MR) is 137 cm³/mol. The van der Waals surface area contributed by atoms with E-state index in [9.17, 15) is 14.0 Å². The number of aromatic nitrogens is 1. The van der Waals surface area contributed by atoms with E-state index in [0.29, 0.717) is 39.1 Å². The fourth-order valence-electron chi connectivity index (χ4n) is 4.10. The van der Waals surface area contributed by atoms with Crippen molar-refractivity contribution in [2.75, 3.05) is 12.4 Å². The Bertz CT molecular complexity index is 1610. The highest BCUT2D eigenvalue weighted by Gasteiger charge is 2.22. The van der Waals surface area contributed by atoms with E-state index in [1.807, 2.05) is 31.2 Å². The van der Waals surface area contributed by atoms with Gasteiger partial charge in [0.1, 0.15) is 17.2 Å². The number of hydrogen-bond acceptors (Lipinski definition) is 4. The van der Waals surface area contributed by atoms with E-state index in [1.54, 1.807) is 55.7 Å². The average Bonchev–Trinajstić information content (AvgIpc) is 3.27. The molecule has 0 unspecified atom stereocenters. The van der Waals surface area contributed by atoms with Crippen LogP contribution in [0.3, 0.4) is 0 Å². The van der Waals surface area contributed by atoms with E-state index >= 15 is 0 Å². The summed E-state index contributed by atoms with van der Waals surface area (Å²) in [4.78, 5) is 29.8. The van der Waals surface area contributed by atoms with Gasteiger partial charge >= 0.3 is 0 Å². The fourth-order valence-corrected chi connectivity index (χ4v) is 4.10. The van der Waals surface area contributed by atoms with Gasteiger partial charge in [-0.2, -0.15) is 0 Å². The van der Waals surface area contributed by atoms with Crippen molar-refractivity contribution in [1.82, 2.24) is 10.3 Å². The number of carbonyl (C=O) groups excluding carboxylic acids is 2. The zero-order valence-electron chi connectivity index (χ0n) is 19.6. The summed E-state index contributed by atoms with van der Waals surface area (Å²) in [5, 5.41) is 6.17. The Morgan fingerprint density at radius 3 is 2.36 bits per heavy atom. The van der Waals surface area contributed by atoms with Crippen LogP contribution in [-0.4, -0.2) is 23.8 Å². The number of halogens is 1. The van der Waals surface area contributed by atoms with Crippen molar-refractivity contribution >= 4 is 28.5 Å². The van der Waals surface area contributed by atoms with Gasteiger partial charge in [0.15, 0.2) is 0 Å². The molecule has 36 heavy (non-hydrogen) atoms. The van der Waals surface area contributed by atoms with Crippen LogP contribution in [0.2, 0.25) is 0 Å². The lowest BCUT2D eigenvalue weighted by Gasteiger charge is -2.08. The van der Waals surface area contributed by atoms with Crippen LogP contribution in [0.5, 0.6) is 0 Å². The molecule has 0 aliphatic heterocycles. The van der Waals surface area contributed by atoms with E-state index in [-0.39, 0.29) is 17.6 Å². The minimum absolute atomic E-state index is 0.239. The Morgan fingerprint density at radius 1 is 0.861 bits per heavy atom. The Hall–Kier alpha value is -4.78. The molecule has 2 aromatic heterocycles. The number of amides is 2. The molecule has 0 aliphatic rings. The molecular formula is C29H22FN3O3. The summed E-state index contributed by atoms with van der Waals surface area (Å²) in [6.45, 7) is 1.86. The second-order valence-corrected chi connectivity index (χ2v) is 8.32. The van der Waals surface area contributed by atoms with Crippen LogP contribution in [0.1, 0.15) is 26.4 Å². The summed E-state index contributed by atoms with van der Waals surface area (Å²) >= 11 is 0. The van der Waals surface area contributed by atoms with Crippen molar-refractivity contribution < 1.29 is 18.4 Å². The number of fused-ring (bicyclic) bond motifs is 1. The molecule has 2 amide bonds. The first-order valence-corrected chi connectivity index (χ1v) is 11.3. The number of nitrogens with one attached hydrogen (secondary N) is 2. The van der Waals surface area contributed by atoms with Crippen LogP contribution in [0.4, 0.5) is 10.1 Å². The molecule has 0 fully saturated rings. The fraction of sp³-hybridized carbons (Fsp3) is 0.0690. The first-order valence-electron chi connectivity index (χ1n) is 11.3. The smallest absolute Gasteiger partial charge is 0.255 e. The monoisotopic (exact) mass is 479 g/mol. The zero-order chi connectivity index (χ0) is 25.2. The lowest BCUT2D eigenvalue weighted by Crippen LogP contribution is -2.18. The van der Waals surface area contributed by atoms with Gasteiger partial charge in [0.2, 0.25) is 0 Å². The van der Waals surface area contributed by atoms with Gasteiger partial charge in [-0.15, -0.1) is 0 Å². The van der Waals surface area contributed by atoms with Crippen LogP contribution in [0.25, 0.3) is 33.4 Å². The number of anilines is 1. The highest BCUT2D eigenvalue weighted by atomic mass is 19.1. The third-order valence-electron chi connectivity index (χ3n) is 5.86. The summed E-state index contributed by atoms with van der Waals surface area (Å²) < 4.78 is 19.5. The van der Waals surface area contributed by atoms with Gasteiger partial charge < -0.3 is 15.1 Å². The highest BCUT2D eigenvalue weighted by Crippen LogP contribution is 2.36. The maximum Gasteiger partial charge on any atom is 0.255 e. The van der Waals surface area contributed by atoms with Crippen molar-refractivity contribution in [3.8, 4) is 22.5 Å². The SMILES string of the molecule is CNC(=O)c1c(-c2ccc(F)cc2)oc2ccc(-c3cccc(C(=O)Nc4ccnc(C)c4)c3)cc12. The molecule has 5 aromatic rings. The quantitative estimate of drug-likeness (QED) is 0.313. The second kappa shape index (κ2) is 9.46. The Balaban J connectivity index is 1.54. The van der Waals surface area contributed by atoms with Gasteiger partial charge in [0.25, 0.3) is 11.8 Å². The van der Waals surface area contributed by atoms with Gasteiger partial charge in [-0.25, -0.2) is 4.39 Å². The number of carbonyl (C=O) groups is 2. The maximum absolute atomic E-state index is 13.5. The third kappa shape index (κ3) is 4.46. The molecule has 0 atom stereocenters. The summed E-state index contributed by atoms with van der Waals surface area (Å²) in [7, 11) is 1.55. The predicted octanol–water partition coefficient (Wildman–Crippen LogP) is 6.22. The Kier molecular flexibility index (Phi) is 6.04. The van der Waals surface area contributed by atoms with E-state index in [2.05, 4.69) is 15.6 Å². The molecule has 2 N–H and O–H groups in total. The molecule has 0 saturated carbocycles. The van der Waals surface area contributed by atoms with Crippen molar-refractivity contribution in [2.24, 2.45) is 0 Å². The molecule has 178 valence electrons. The second-order valence-electron chi connectivity index (χ2n) is 8.32. The van der Waals surface area contributed by atoms with Crippen molar-refractivity contribution in [3.05, 3.63) is 108 Å². The van der Waals surface area contributed by atoms with E-state index < -0.39 is 0 Å². The van der Waals surface area contributed by atoms with Crippen LogP contribution in [-0.2, 0) is 0 Å². The van der Waals surface area contributed by atoms with Crippen LogP contribution < -0.4 is 10.6 Å². The van der Waals surface area contributed by atoms with Crippen LogP contribution in [0.15, 0.2) is 89.5 Å². The van der Waals surface area contributed by atoms with Crippen molar-refractivity contribution in [2.45, 2.75) is 6.92 Å². The number of hydrogen-bond donors (Lipinski definition) is 2. The lowest BCUT2D eigenvalue weighted by atomic mass is 9.99. The van der Waals surface area contributed by atoms with Gasteiger partial charge in [0, 0.05) is 41.1 Å². The molecule has 0 spiro atoms. The average molecular weight is 480 g/mol. The minimum Gasteiger partial charge on any atom is -0.455 e. The highest BCUT2D eigenvalue weighted by molar-refractivity contribution is 6.12. The maximum atomic E-state index is 13.5. The molecule has 0 bridgehead atoms. The molecule has 0 radical (unpaired) electrons. The van der Waals surface area contributed by atoms with Gasteiger partial charge in [-0.1, -0.05) is 18.2 Å². The van der Waals surface area contributed by atoms with Crippen molar-refractivity contribution in [1.29, 1.82) is 0 Å². The topological polar surface area (TPSA) is 84.2 Å². The van der Waals surface area contributed by atoms with Crippen LogP contribution in [0, 0.1) is 12.7 Å². The molecule has 5 rings (SSSR count). The molecule has 2 heterocycles. The number of furan rings is 1.